The van der Waals surface area contributed by atoms with Crippen LogP contribution in [0.5, 0.6) is 0 Å². The first kappa shape index (κ1) is 12.8. The average Bonchev–Trinajstić information content (AvgIpc) is 2.21. The number of nitrogen functional groups attached to an aromatic ring is 1. The molecule has 1 aromatic rings. The summed E-state index contributed by atoms with van der Waals surface area (Å²) in [6.45, 7) is 7.76. The van der Waals surface area contributed by atoms with Crippen molar-refractivity contribution in [3.8, 4) is 0 Å². The first-order valence-electron chi connectivity index (χ1n) is 5.70. The van der Waals surface area contributed by atoms with Crippen LogP contribution in [0.15, 0.2) is 18.2 Å². The van der Waals surface area contributed by atoms with Gasteiger partial charge >= 0.3 is 0 Å². The second kappa shape index (κ2) is 5.75. The van der Waals surface area contributed by atoms with Gasteiger partial charge in [0.25, 0.3) is 0 Å². The van der Waals surface area contributed by atoms with Crippen LogP contribution >= 0.6 is 0 Å². The Hall–Kier alpha value is -1.22. The monoisotopic (exact) mass is 222 g/mol. The summed E-state index contributed by atoms with van der Waals surface area (Å²) in [6, 6.07) is 6.00. The van der Waals surface area contributed by atoms with E-state index in [1.165, 1.54) is 5.69 Å². The van der Waals surface area contributed by atoms with E-state index in [0.717, 1.165) is 24.4 Å². The SMILES string of the molecule is Cc1c(N)cccc1N(C)CCOC(C)C. The maximum absolute atomic E-state index is 5.88. The van der Waals surface area contributed by atoms with E-state index in [-0.39, 0.29) is 6.10 Å². The molecular weight excluding hydrogens is 200 g/mol. The van der Waals surface area contributed by atoms with Crippen LogP contribution in [-0.4, -0.2) is 26.3 Å². The lowest BCUT2D eigenvalue weighted by atomic mass is 10.1. The lowest BCUT2D eigenvalue weighted by molar-refractivity contribution is 0.0846. The zero-order valence-electron chi connectivity index (χ0n) is 10.7. The molecule has 1 rings (SSSR count). The Kier molecular flexibility index (Phi) is 4.62. The topological polar surface area (TPSA) is 38.5 Å². The van der Waals surface area contributed by atoms with E-state index >= 15 is 0 Å². The number of anilines is 2. The van der Waals surface area contributed by atoms with Crippen molar-refractivity contribution in [2.24, 2.45) is 0 Å². The van der Waals surface area contributed by atoms with Gasteiger partial charge in [0.05, 0.1) is 12.7 Å². The molecule has 16 heavy (non-hydrogen) atoms. The highest BCUT2D eigenvalue weighted by Crippen LogP contribution is 2.23. The smallest absolute Gasteiger partial charge is 0.0644 e. The zero-order chi connectivity index (χ0) is 12.1. The Bertz CT molecular complexity index is 337. The van der Waals surface area contributed by atoms with Crippen LogP contribution in [0.2, 0.25) is 0 Å². The molecule has 0 bridgehead atoms. The first-order chi connectivity index (χ1) is 7.52. The summed E-state index contributed by atoms with van der Waals surface area (Å²) in [7, 11) is 2.06. The van der Waals surface area contributed by atoms with E-state index < -0.39 is 0 Å². The molecule has 90 valence electrons. The van der Waals surface area contributed by atoms with Gasteiger partial charge < -0.3 is 15.4 Å². The molecule has 0 aliphatic heterocycles. The molecule has 0 amide bonds. The molecule has 0 spiro atoms. The number of nitrogens with two attached hydrogens (primary N) is 1. The maximum atomic E-state index is 5.88. The molecule has 0 saturated carbocycles. The van der Waals surface area contributed by atoms with Crippen LogP contribution in [0.1, 0.15) is 19.4 Å². The summed E-state index contributed by atoms with van der Waals surface area (Å²) < 4.78 is 5.53. The molecule has 0 unspecified atom stereocenters. The van der Waals surface area contributed by atoms with E-state index in [9.17, 15) is 0 Å². The van der Waals surface area contributed by atoms with E-state index in [2.05, 4.69) is 18.0 Å². The summed E-state index contributed by atoms with van der Waals surface area (Å²) in [5.74, 6) is 0. The fourth-order valence-electron chi connectivity index (χ4n) is 1.60. The quantitative estimate of drug-likeness (QED) is 0.778. The van der Waals surface area contributed by atoms with Gasteiger partial charge in [-0.05, 0) is 38.5 Å². The van der Waals surface area contributed by atoms with Crippen molar-refractivity contribution >= 4 is 11.4 Å². The molecule has 0 radical (unpaired) electrons. The second-order valence-corrected chi connectivity index (χ2v) is 4.33. The summed E-state index contributed by atoms with van der Waals surface area (Å²) in [4.78, 5) is 2.17. The molecule has 0 aliphatic carbocycles. The summed E-state index contributed by atoms with van der Waals surface area (Å²) in [5, 5.41) is 0. The standard InChI is InChI=1S/C13H22N2O/c1-10(2)16-9-8-15(4)13-7-5-6-12(14)11(13)3/h5-7,10H,8-9,14H2,1-4H3. The molecule has 0 aromatic heterocycles. The van der Waals surface area contributed by atoms with Crippen LogP contribution in [0.3, 0.4) is 0 Å². The number of hydrogen-bond donors (Lipinski definition) is 1. The van der Waals surface area contributed by atoms with E-state index in [4.69, 9.17) is 10.5 Å². The Morgan fingerprint density at radius 1 is 1.38 bits per heavy atom. The van der Waals surface area contributed by atoms with E-state index in [0.29, 0.717) is 0 Å². The fraction of sp³-hybridized carbons (Fsp3) is 0.538. The van der Waals surface area contributed by atoms with Crippen LogP contribution in [-0.2, 0) is 4.74 Å². The van der Waals surface area contributed by atoms with Crippen molar-refractivity contribution in [1.82, 2.24) is 0 Å². The van der Waals surface area contributed by atoms with E-state index in [1.54, 1.807) is 0 Å². The average molecular weight is 222 g/mol. The highest BCUT2D eigenvalue weighted by molar-refractivity contribution is 5.63. The highest BCUT2D eigenvalue weighted by Gasteiger charge is 2.06. The third-order valence-electron chi connectivity index (χ3n) is 2.64. The summed E-state index contributed by atoms with van der Waals surface area (Å²) in [6.07, 6.45) is 0.287. The van der Waals surface area contributed by atoms with Crippen LogP contribution in [0.4, 0.5) is 11.4 Å². The minimum absolute atomic E-state index is 0.287. The maximum Gasteiger partial charge on any atom is 0.0644 e. The van der Waals surface area contributed by atoms with Gasteiger partial charge in [0.1, 0.15) is 0 Å². The van der Waals surface area contributed by atoms with Gasteiger partial charge in [-0.3, -0.25) is 0 Å². The summed E-state index contributed by atoms with van der Waals surface area (Å²) in [5.41, 5.74) is 9.03. The Morgan fingerprint density at radius 3 is 2.69 bits per heavy atom. The van der Waals surface area contributed by atoms with Crippen molar-refractivity contribution in [2.75, 3.05) is 30.8 Å². The molecule has 0 fully saturated rings. The molecule has 2 N–H and O–H groups in total. The van der Waals surface area contributed by atoms with Gasteiger partial charge in [-0.15, -0.1) is 0 Å². The van der Waals surface area contributed by atoms with Gasteiger partial charge in [0, 0.05) is 25.0 Å². The number of ether oxygens (including phenoxy) is 1. The lowest BCUT2D eigenvalue weighted by Crippen LogP contribution is -2.24. The number of benzene rings is 1. The zero-order valence-corrected chi connectivity index (χ0v) is 10.7. The number of rotatable bonds is 5. The third-order valence-corrected chi connectivity index (χ3v) is 2.64. The Labute approximate surface area is 98.2 Å². The molecule has 3 nitrogen and oxygen atoms in total. The lowest BCUT2D eigenvalue weighted by Gasteiger charge is -2.22. The molecule has 0 atom stereocenters. The number of hydrogen-bond acceptors (Lipinski definition) is 3. The fourth-order valence-corrected chi connectivity index (χ4v) is 1.60. The molecule has 0 aliphatic rings. The molecule has 1 aromatic carbocycles. The third kappa shape index (κ3) is 3.42. The predicted molar refractivity (Wildman–Crippen MR) is 69.9 cm³/mol. The van der Waals surface area contributed by atoms with Gasteiger partial charge in [-0.1, -0.05) is 6.07 Å². The van der Waals surface area contributed by atoms with E-state index in [1.807, 2.05) is 32.9 Å². The first-order valence-corrected chi connectivity index (χ1v) is 5.70. The van der Waals surface area contributed by atoms with Crippen molar-refractivity contribution in [2.45, 2.75) is 26.9 Å². The van der Waals surface area contributed by atoms with Gasteiger partial charge in [-0.25, -0.2) is 0 Å². The Morgan fingerprint density at radius 2 is 2.06 bits per heavy atom. The van der Waals surface area contributed by atoms with Crippen molar-refractivity contribution in [3.05, 3.63) is 23.8 Å². The van der Waals surface area contributed by atoms with Crippen LogP contribution < -0.4 is 10.6 Å². The highest BCUT2D eigenvalue weighted by atomic mass is 16.5. The molecule has 3 heteroatoms. The normalized spacial score (nSPS) is 10.8. The molecular formula is C13H22N2O. The minimum atomic E-state index is 0.287. The van der Waals surface area contributed by atoms with Crippen LogP contribution in [0, 0.1) is 6.92 Å². The number of nitrogens with zero attached hydrogens (tertiary/aromatic N) is 1. The molecule has 0 saturated heterocycles. The van der Waals surface area contributed by atoms with Crippen molar-refractivity contribution in [3.63, 3.8) is 0 Å². The minimum Gasteiger partial charge on any atom is -0.398 e. The molecule has 0 heterocycles. The second-order valence-electron chi connectivity index (χ2n) is 4.33. The largest absolute Gasteiger partial charge is 0.398 e. The number of likely N-dealkylation sites (N-methyl/N-ethyl adjacent to an activating group) is 1. The predicted octanol–water partition coefficient (Wildman–Crippen LogP) is 2.44. The van der Waals surface area contributed by atoms with Crippen LogP contribution in [0.25, 0.3) is 0 Å². The van der Waals surface area contributed by atoms with Gasteiger partial charge in [0.15, 0.2) is 0 Å². The van der Waals surface area contributed by atoms with Gasteiger partial charge in [-0.2, -0.15) is 0 Å². The van der Waals surface area contributed by atoms with Crippen molar-refractivity contribution < 1.29 is 4.74 Å². The summed E-state index contributed by atoms with van der Waals surface area (Å²) >= 11 is 0. The van der Waals surface area contributed by atoms with Gasteiger partial charge in [0.2, 0.25) is 0 Å². The van der Waals surface area contributed by atoms with Crippen molar-refractivity contribution in [1.29, 1.82) is 0 Å². The Balaban J connectivity index is 2.59.